The average Bonchev–Trinajstić information content (AvgIpc) is 2.70. The van der Waals surface area contributed by atoms with Crippen LogP contribution in [0.3, 0.4) is 0 Å². The van der Waals surface area contributed by atoms with Gasteiger partial charge in [0.15, 0.2) is 17.5 Å². The molecular formula is C22H32IN3O3. The first-order chi connectivity index (χ1) is 13.5. The van der Waals surface area contributed by atoms with Crippen LogP contribution < -0.4 is 24.8 Å². The summed E-state index contributed by atoms with van der Waals surface area (Å²) in [6.45, 7) is 8.27. The van der Waals surface area contributed by atoms with Gasteiger partial charge in [-0.15, -0.1) is 24.0 Å². The third-order valence-electron chi connectivity index (χ3n) is 4.43. The maximum Gasteiger partial charge on any atom is 0.203 e. The van der Waals surface area contributed by atoms with Crippen LogP contribution >= 0.6 is 24.0 Å². The zero-order valence-electron chi connectivity index (χ0n) is 18.1. The summed E-state index contributed by atoms with van der Waals surface area (Å²) < 4.78 is 16.2. The first-order valence-electron chi connectivity index (χ1n) is 9.39. The molecule has 0 aromatic heterocycles. The minimum absolute atomic E-state index is 0. The van der Waals surface area contributed by atoms with Crippen molar-refractivity contribution in [2.24, 2.45) is 4.99 Å². The first-order valence-corrected chi connectivity index (χ1v) is 9.39. The number of hydrogen-bond acceptors (Lipinski definition) is 4. The van der Waals surface area contributed by atoms with Gasteiger partial charge in [-0.05, 0) is 49.6 Å². The first kappa shape index (κ1) is 24.9. The van der Waals surface area contributed by atoms with Crippen LogP contribution in [0.1, 0.15) is 29.2 Å². The Balaban J connectivity index is 0.00000420. The van der Waals surface area contributed by atoms with Crippen molar-refractivity contribution in [3.8, 4) is 17.2 Å². The highest BCUT2D eigenvalue weighted by Gasteiger charge is 2.13. The molecule has 0 amide bonds. The molecule has 0 bridgehead atoms. The Morgan fingerprint density at radius 2 is 1.59 bits per heavy atom. The SMILES string of the molecule is CCNC(=NCc1cc(OC)c(OC)c(OC)c1)NCc1ccc(C)cc1C.I. The van der Waals surface area contributed by atoms with Gasteiger partial charge in [-0.1, -0.05) is 23.8 Å². The molecule has 2 aromatic carbocycles. The van der Waals surface area contributed by atoms with Crippen molar-refractivity contribution in [3.05, 3.63) is 52.6 Å². The van der Waals surface area contributed by atoms with Crippen molar-refractivity contribution in [1.82, 2.24) is 10.6 Å². The molecule has 0 heterocycles. The Morgan fingerprint density at radius 3 is 2.10 bits per heavy atom. The smallest absolute Gasteiger partial charge is 0.203 e. The third-order valence-corrected chi connectivity index (χ3v) is 4.43. The van der Waals surface area contributed by atoms with Crippen LogP contribution in [0.25, 0.3) is 0 Å². The number of guanidine groups is 1. The van der Waals surface area contributed by atoms with Gasteiger partial charge in [0.05, 0.1) is 27.9 Å². The molecule has 0 aliphatic rings. The quantitative estimate of drug-likeness (QED) is 0.315. The summed E-state index contributed by atoms with van der Waals surface area (Å²) in [5, 5.41) is 6.68. The summed E-state index contributed by atoms with van der Waals surface area (Å²) in [5.74, 6) is 2.59. The van der Waals surface area contributed by atoms with Crippen LogP contribution in [0.4, 0.5) is 0 Å². The van der Waals surface area contributed by atoms with Crippen LogP contribution in [0.15, 0.2) is 35.3 Å². The fourth-order valence-electron chi connectivity index (χ4n) is 2.96. The van der Waals surface area contributed by atoms with Gasteiger partial charge >= 0.3 is 0 Å². The van der Waals surface area contributed by atoms with E-state index in [1.54, 1.807) is 21.3 Å². The van der Waals surface area contributed by atoms with Gasteiger partial charge in [0.1, 0.15) is 0 Å². The summed E-state index contributed by atoms with van der Waals surface area (Å²) in [7, 11) is 4.82. The van der Waals surface area contributed by atoms with E-state index in [1.807, 2.05) is 19.1 Å². The standard InChI is InChI=1S/C22H31N3O3.HI/c1-7-23-22(25-14-18-9-8-15(2)10-16(18)3)24-13-17-11-19(26-4)21(28-6)20(12-17)27-5;/h8-12H,7,13-14H2,1-6H3,(H2,23,24,25);1H. The molecule has 6 nitrogen and oxygen atoms in total. The lowest BCUT2D eigenvalue weighted by molar-refractivity contribution is 0.324. The third kappa shape index (κ3) is 6.99. The zero-order chi connectivity index (χ0) is 20.5. The summed E-state index contributed by atoms with van der Waals surface area (Å²) in [6, 6.07) is 10.3. The fourth-order valence-corrected chi connectivity index (χ4v) is 2.96. The van der Waals surface area contributed by atoms with E-state index in [1.165, 1.54) is 16.7 Å². The number of aliphatic imine (C=N–C) groups is 1. The molecular weight excluding hydrogens is 481 g/mol. The number of methoxy groups -OCH3 is 3. The highest BCUT2D eigenvalue weighted by molar-refractivity contribution is 14.0. The Bertz CT molecular complexity index is 800. The molecule has 0 saturated carbocycles. The van der Waals surface area contributed by atoms with Crippen LogP contribution in [0.2, 0.25) is 0 Å². The number of halogens is 1. The largest absolute Gasteiger partial charge is 0.493 e. The number of hydrogen-bond donors (Lipinski definition) is 2. The number of rotatable bonds is 8. The van der Waals surface area contributed by atoms with Gasteiger partial charge in [0.25, 0.3) is 0 Å². The molecule has 2 rings (SSSR count). The predicted octanol–water partition coefficient (Wildman–Crippen LogP) is 4.20. The van der Waals surface area contributed by atoms with Crippen LogP contribution in [0.5, 0.6) is 17.2 Å². The number of nitrogens with one attached hydrogen (secondary N) is 2. The molecule has 0 radical (unpaired) electrons. The molecule has 0 aliphatic carbocycles. The molecule has 7 heteroatoms. The second-order valence-corrected chi connectivity index (χ2v) is 6.51. The highest BCUT2D eigenvalue weighted by atomic mass is 127. The second-order valence-electron chi connectivity index (χ2n) is 6.51. The monoisotopic (exact) mass is 513 g/mol. The minimum Gasteiger partial charge on any atom is -0.493 e. The van der Waals surface area contributed by atoms with Gasteiger partial charge in [0, 0.05) is 13.1 Å². The summed E-state index contributed by atoms with van der Waals surface area (Å²) in [6.07, 6.45) is 0. The van der Waals surface area contributed by atoms with Crippen LogP contribution in [0, 0.1) is 13.8 Å². The number of nitrogens with zero attached hydrogens (tertiary/aromatic N) is 1. The predicted molar refractivity (Wildman–Crippen MR) is 129 cm³/mol. The van der Waals surface area contributed by atoms with Gasteiger partial charge in [0.2, 0.25) is 5.75 Å². The lowest BCUT2D eigenvalue weighted by Crippen LogP contribution is -2.36. The number of benzene rings is 2. The lowest BCUT2D eigenvalue weighted by atomic mass is 10.1. The molecule has 2 N–H and O–H groups in total. The van der Waals surface area contributed by atoms with Gasteiger partial charge in [-0.3, -0.25) is 0 Å². The van der Waals surface area contributed by atoms with Crippen molar-refractivity contribution < 1.29 is 14.2 Å². The van der Waals surface area contributed by atoms with E-state index in [0.29, 0.717) is 30.3 Å². The maximum absolute atomic E-state index is 5.42. The highest BCUT2D eigenvalue weighted by Crippen LogP contribution is 2.38. The normalized spacial score (nSPS) is 10.8. The number of aryl methyl sites for hydroxylation is 2. The van der Waals surface area contributed by atoms with Crippen molar-refractivity contribution >= 4 is 29.9 Å². The molecule has 0 aliphatic heterocycles. The van der Waals surface area contributed by atoms with Crippen molar-refractivity contribution in [2.45, 2.75) is 33.9 Å². The molecule has 0 spiro atoms. The second kappa shape index (κ2) is 12.4. The summed E-state index contributed by atoms with van der Waals surface area (Å²) >= 11 is 0. The zero-order valence-corrected chi connectivity index (χ0v) is 20.4. The minimum atomic E-state index is 0. The summed E-state index contributed by atoms with van der Waals surface area (Å²) in [5.41, 5.74) is 4.76. The van der Waals surface area contributed by atoms with E-state index in [-0.39, 0.29) is 24.0 Å². The molecule has 0 saturated heterocycles. The number of ether oxygens (including phenoxy) is 3. The van der Waals surface area contributed by atoms with Crippen LogP contribution in [-0.4, -0.2) is 33.8 Å². The van der Waals surface area contributed by atoms with E-state index in [9.17, 15) is 0 Å². The Morgan fingerprint density at radius 1 is 0.931 bits per heavy atom. The Kier molecular flexibility index (Phi) is 10.6. The lowest BCUT2D eigenvalue weighted by Gasteiger charge is -2.15. The maximum atomic E-state index is 5.42. The molecule has 0 atom stereocenters. The van der Waals surface area contributed by atoms with Crippen molar-refractivity contribution in [2.75, 3.05) is 27.9 Å². The Labute approximate surface area is 191 Å². The fraction of sp³-hybridized carbons (Fsp3) is 0.409. The summed E-state index contributed by atoms with van der Waals surface area (Å²) in [4.78, 5) is 4.69. The molecule has 0 fully saturated rings. The molecule has 29 heavy (non-hydrogen) atoms. The van der Waals surface area contributed by atoms with Crippen molar-refractivity contribution in [3.63, 3.8) is 0 Å². The Hall–Kier alpha value is -2.16. The van der Waals surface area contributed by atoms with Gasteiger partial charge in [-0.25, -0.2) is 4.99 Å². The van der Waals surface area contributed by atoms with Gasteiger partial charge in [-0.2, -0.15) is 0 Å². The molecule has 0 unspecified atom stereocenters. The molecule has 2 aromatic rings. The van der Waals surface area contributed by atoms with Gasteiger partial charge < -0.3 is 24.8 Å². The van der Waals surface area contributed by atoms with E-state index < -0.39 is 0 Å². The topological polar surface area (TPSA) is 64.1 Å². The van der Waals surface area contributed by atoms with E-state index in [0.717, 1.165) is 18.1 Å². The average molecular weight is 513 g/mol. The van der Waals surface area contributed by atoms with Crippen LogP contribution in [-0.2, 0) is 13.1 Å². The van der Waals surface area contributed by atoms with E-state index in [2.05, 4.69) is 42.7 Å². The van der Waals surface area contributed by atoms with Crippen molar-refractivity contribution in [1.29, 1.82) is 0 Å². The molecule has 160 valence electrons. The van der Waals surface area contributed by atoms with E-state index >= 15 is 0 Å². The van der Waals surface area contributed by atoms with E-state index in [4.69, 9.17) is 19.2 Å².